The van der Waals surface area contributed by atoms with Crippen molar-refractivity contribution in [3.63, 3.8) is 0 Å². The molecule has 1 aliphatic carbocycles. The van der Waals surface area contributed by atoms with Gasteiger partial charge in [0.15, 0.2) is 0 Å². The van der Waals surface area contributed by atoms with E-state index >= 15 is 0 Å². The Morgan fingerprint density at radius 2 is 2.09 bits per heavy atom. The second-order valence-corrected chi connectivity index (χ2v) is 5.60. The lowest BCUT2D eigenvalue weighted by Gasteiger charge is -2.18. The van der Waals surface area contributed by atoms with Crippen LogP contribution in [0.2, 0.25) is 0 Å². The summed E-state index contributed by atoms with van der Waals surface area (Å²) in [5.74, 6) is 0.434. The van der Waals surface area contributed by atoms with Gasteiger partial charge in [0.25, 0.3) is 0 Å². The summed E-state index contributed by atoms with van der Waals surface area (Å²) < 4.78 is 0. The van der Waals surface area contributed by atoms with Gasteiger partial charge in [-0.2, -0.15) is 0 Å². The summed E-state index contributed by atoms with van der Waals surface area (Å²) in [7, 11) is 0. The van der Waals surface area contributed by atoms with Crippen molar-refractivity contribution < 1.29 is 9.59 Å². The monoisotopic (exact) mass is 301 g/mol. The van der Waals surface area contributed by atoms with Crippen LogP contribution in [0.15, 0.2) is 36.4 Å². The van der Waals surface area contributed by atoms with E-state index in [4.69, 9.17) is 0 Å². The molecule has 3 amide bonds. The fraction of sp³-hybridized carbons (Fsp3) is 0.412. The molecule has 118 valence electrons. The zero-order chi connectivity index (χ0) is 15.8. The topological polar surface area (TPSA) is 70.2 Å². The molecule has 1 aromatic carbocycles. The smallest absolute Gasteiger partial charge is 0.315 e. The maximum Gasteiger partial charge on any atom is 0.315 e. The minimum absolute atomic E-state index is 0.107. The summed E-state index contributed by atoms with van der Waals surface area (Å²) in [5.41, 5.74) is 1.68. The first-order valence-electron chi connectivity index (χ1n) is 7.66. The minimum Gasteiger partial charge on any atom is -0.338 e. The van der Waals surface area contributed by atoms with Gasteiger partial charge in [-0.05, 0) is 42.9 Å². The van der Waals surface area contributed by atoms with Crippen LogP contribution in [0.25, 0.3) is 0 Å². The van der Waals surface area contributed by atoms with Gasteiger partial charge in [0, 0.05) is 25.7 Å². The molecule has 3 N–H and O–H groups in total. The Bertz CT molecular complexity index is 555. The lowest BCUT2D eigenvalue weighted by atomic mass is 9.94. The molecule has 0 saturated heterocycles. The van der Waals surface area contributed by atoms with Gasteiger partial charge in [0.1, 0.15) is 0 Å². The average molecular weight is 301 g/mol. The second kappa shape index (κ2) is 8.22. The normalized spacial score (nSPS) is 16.9. The molecule has 1 aromatic rings. The van der Waals surface area contributed by atoms with Crippen molar-refractivity contribution in [2.45, 2.75) is 32.7 Å². The third kappa shape index (κ3) is 5.60. The summed E-state index contributed by atoms with van der Waals surface area (Å²) in [5, 5.41) is 8.48. The van der Waals surface area contributed by atoms with E-state index in [1.807, 2.05) is 24.3 Å². The summed E-state index contributed by atoms with van der Waals surface area (Å²) in [6.07, 6.45) is 7.65. The first kappa shape index (κ1) is 16.1. The van der Waals surface area contributed by atoms with Crippen LogP contribution < -0.4 is 16.0 Å². The average Bonchev–Trinajstić information content (AvgIpc) is 2.52. The molecule has 0 bridgehead atoms. The zero-order valence-electron chi connectivity index (χ0n) is 12.9. The van der Waals surface area contributed by atoms with Gasteiger partial charge in [-0.3, -0.25) is 4.79 Å². The molecule has 0 unspecified atom stereocenters. The highest BCUT2D eigenvalue weighted by molar-refractivity contribution is 5.88. The second-order valence-electron chi connectivity index (χ2n) is 5.60. The molecular formula is C17H23N3O2. The standard InChI is InChI=1S/C17H23N3O2/c1-13(21)20-16-9-5-8-15(10-16)12-19-17(22)18-11-14-6-3-2-4-7-14/h2-3,5,8-10,14H,4,6-7,11-12H2,1H3,(H,20,21)(H2,18,19,22)/t14-/m0/s1. The van der Waals surface area contributed by atoms with Crippen molar-refractivity contribution in [3.8, 4) is 0 Å². The minimum atomic E-state index is -0.153. The first-order valence-corrected chi connectivity index (χ1v) is 7.66. The number of carbonyl (C=O) groups excluding carboxylic acids is 2. The van der Waals surface area contributed by atoms with Crippen LogP contribution in [0.5, 0.6) is 0 Å². The predicted molar refractivity (Wildman–Crippen MR) is 87.5 cm³/mol. The zero-order valence-corrected chi connectivity index (χ0v) is 12.9. The van der Waals surface area contributed by atoms with E-state index in [2.05, 4.69) is 28.1 Å². The first-order chi connectivity index (χ1) is 10.6. The lowest BCUT2D eigenvalue weighted by molar-refractivity contribution is -0.114. The molecule has 5 nitrogen and oxygen atoms in total. The molecular weight excluding hydrogens is 278 g/mol. The summed E-state index contributed by atoms with van der Waals surface area (Å²) in [6, 6.07) is 7.29. The molecule has 0 fully saturated rings. The van der Waals surface area contributed by atoms with E-state index in [1.54, 1.807) is 0 Å². The summed E-state index contributed by atoms with van der Waals surface area (Å²) in [6.45, 7) is 2.62. The largest absolute Gasteiger partial charge is 0.338 e. The summed E-state index contributed by atoms with van der Waals surface area (Å²) >= 11 is 0. The van der Waals surface area contributed by atoms with E-state index in [-0.39, 0.29) is 11.9 Å². The van der Waals surface area contributed by atoms with Crippen LogP contribution in [0, 0.1) is 5.92 Å². The molecule has 0 radical (unpaired) electrons. The van der Waals surface area contributed by atoms with Gasteiger partial charge in [0.05, 0.1) is 0 Å². The number of urea groups is 1. The van der Waals surface area contributed by atoms with Crippen LogP contribution in [0.1, 0.15) is 31.7 Å². The van der Waals surface area contributed by atoms with E-state index in [0.29, 0.717) is 19.0 Å². The maximum atomic E-state index is 11.8. The van der Waals surface area contributed by atoms with Crippen LogP contribution in [0.3, 0.4) is 0 Å². The van der Waals surface area contributed by atoms with E-state index in [9.17, 15) is 9.59 Å². The molecule has 0 spiro atoms. The Morgan fingerprint density at radius 3 is 2.82 bits per heavy atom. The third-order valence-electron chi connectivity index (χ3n) is 3.63. The van der Waals surface area contributed by atoms with Crippen molar-refractivity contribution in [2.75, 3.05) is 11.9 Å². The number of anilines is 1. The Kier molecular flexibility index (Phi) is 6.01. The highest BCUT2D eigenvalue weighted by atomic mass is 16.2. The summed E-state index contributed by atoms with van der Waals surface area (Å²) in [4.78, 5) is 22.8. The van der Waals surface area contributed by atoms with Gasteiger partial charge in [0.2, 0.25) is 5.91 Å². The van der Waals surface area contributed by atoms with Crippen molar-refractivity contribution in [3.05, 3.63) is 42.0 Å². The number of amides is 3. The van der Waals surface area contributed by atoms with Crippen molar-refractivity contribution >= 4 is 17.6 Å². The molecule has 0 heterocycles. The van der Waals surface area contributed by atoms with Crippen LogP contribution in [0.4, 0.5) is 10.5 Å². The fourth-order valence-electron chi connectivity index (χ4n) is 2.49. The maximum absolute atomic E-state index is 11.8. The van der Waals surface area contributed by atoms with Crippen molar-refractivity contribution in [1.82, 2.24) is 10.6 Å². The van der Waals surface area contributed by atoms with Gasteiger partial charge in [-0.25, -0.2) is 4.79 Å². The molecule has 1 atom stereocenters. The van der Waals surface area contributed by atoms with E-state index in [1.165, 1.54) is 6.92 Å². The fourth-order valence-corrected chi connectivity index (χ4v) is 2.49. The molecule has 1 aliphatic rings. The van der Waals surface area contributed by atoms with Gasteiger partial charge in [-0.15, -0.1) is 0 Å². The molecule has 0 aromatic heterocycles. The highest BCUT2D eigenvalue weighted by Gasteiger charge is 2.11. The Morgan fingerprint density at radius 1 is 1.23 bits per heavy atom. The van der Waals surface area contributed by atoms with Gasteiger partial charge < -0.3 is 16.0 Å². The third-order valence-corrected chi connectivity index (χ3v) is 3.63. The molecule has 0 saturated carbocycles. The van der Waals surface area contributed by atoms with E-state index in [0.717, 1.165) is 30.5 Å². The van der Waals surface area contributed by atoms with E-state index < -0.39 is 0 Å². The number of nitrogens with one attached hydrogen (secondary N) is 3. The Hall–Kier alpha value is -2.30. The van der Waals surface area contributed by atoms with Gasteiger partial charge in [-0.1, -0.05) is 24.3 Å². The quantitative estimate of drug-likeness (QED) is 0.732. The Labute approximate surface area is 131 Å². The number of hydrogen-bond acceptors (Lipinski definition) is 2. The number of allylic oxidation sites excluding steroid dienone is 2. The molecule has 22 heavy (non-hydrogen) atoms. The molecule has 5 heteroatoms. The van der Waals surface area contributed by atoms with Gasteiger partial charge >= 0.3 is 6.03 Å². The van der Waals surface area contributed by atoms with Crippen LogP contribution in [-0.2, 0) is 11.3 Å². The molecule has 0 aliphatic heterocycles. The predicted octanol–water partition coefficient (Wildman–Crippen LogP) is 2.80. The van der Waals surface area contributed by atoms with Crippen molar-refractivity contribution in [2.24, 2.45) is 5.92 Å². The number of hydrogen-bond donors (Lipinski definition) is 3. The Balaban J connectivity index is 1.73. The molecule has 2 rings (SSSR count). The number of rotatable bonds is 5. The SMILES string of the molecule is CC(=O)Nc1cccc(CNC(=O)NC[C@H]2CC=CCC2)c1. The number of carbonyl (C=O) groups is 2. The van der Waals surface area contributed by atoms with Crippen LogP contribution >= 0.6 is 0 Å². The lowest BCUT2D eigenvalue weighted by Crippen LogP contribution is -2.38. The van der Waals surface area contributed by atoms with Crippen LogP contribution in [-0.4, -0.2) is 18.5 Å². The van der Waals surface area contributed by atoms with Crippen molar-refractivity contribution in [1.29, 1.82) is 0 Å². The number of benzene rings is 1. The highest BCUT2D eigenvalue weighted by Crippen LogP contribution is 2.16.